The van der Waals surface area contributed by atoms with E-state index in [1.807, 2.05) is 54.6 Å². The molecule has 1 aliphatic rings. The van der Waals surface area contributed by atoms with Crippen molar-refractivity contribution < 1.29 is 9.63 Å². The first kappa shape index (κ1) is 19.7. The molecule has 0 saturated heterocycles. The first-order valence-corrected chi connectivity index (χ1v) is 11.4. The van der Waals surface area contributed by atoms with Crippen LogP contribution in [0, 0.1) is 0 Å². The maximum Gasteiger partial charge on any atom is 0.257 e. The molecule has 1 aliphatic heterocycles. The number of anilines is 1. The Hall–Kier alpha value is -3.94. The second kappa shape index (κ2) is 7.88. The van der Waals surface area contributed by atoms with Gasteiger partial charge in [-0.2, -0.15) is 5.10 Å². The van der Waals surface area contributed by atoms with Crippen LogP contribution in [0.5, 0.6) is 0 Å². The molecule has 1 atom stereocenters. The fourth-order valence-corrected chi connectivity index (χ4v) is 5.36. The van der Waals surface area contributed by atoms with Gasteiger partial charge in [0.05, 0.1) is 17.3 Å². The van der Waals surface area contributed by atoms with E-state index in [1.54, 1.807) is 24.5 Å². The molecule has 0 spiro atoms. The number of aromatic nitrogens is 2. The molecule has 33 heavy (non-hydrogen) atoms. The number of nitrogens with one attached hydrogen (secondary N) is 3. The van der Waals surface area contributed by atoms with Crippen LogP contribution in [0.1, 0.15) is 18.5 Å². The number of thiophene rings is 1. The number of fused-ring (bicyclic) bond motifs is 2. The fraction of sp³-hybridized carbons (Fsp3) is 0.0769. The summed E-state index contributed by atoms with van der Waals surface area (Å²) in [6.45, 7) is 1.80. The van der Waals surface area contributed by atoms with Gasteiger partial charge in [0.25, 0.3) is 5.91 Å². The highest BCUT2D eigenvalue weighted by Gasteiger charge is 2.32. The summed E-state index contributed by atoms with van der Waals surface area (Å²) in [4.78, 5) is 20.0. The predicted octanol–water partition coefficient (Wildman–Crippen LogP) is 5.93. The summed E-state index contributed by atoms with van der Waals surface area (Å²) >= 11 is 1.72. The number of aromatic amines is 1. The van der Waals surface area contributed by atoms with Gasteiger partial charge in [-0.05, 0) is 42.1 Å². The first-order chi connectivity index (χ1) is 16.2. The number of carbonyl (C=O) groups excluding carboxylic acids is 1. The summed E-state index contributed by atoms with van der Waals surface area (Å²) in [5.41, 5.74) is 7.17. The van der Waals surface area contributed by atoms with E-state index >= 15 is 0 Å². The number of hydrogen-bond donors (Lipinski definition) is 3. The van der Waals surface area contributed by atoms with Gasteiger partial charge in [-0.1, -0.05) is 48.5 Å². The van der Waals surface area contributed by atoms with E-state index < -0.39 is 0 Å². The second-order valence-corrected chi connectivity index (χ2v) is 9.08. The van der Waals surface area contributed by atoms with Gasteiger partial charge in [0.15, 0.2) is 0 Å². The van der Waals surface area contributed by atoms with E-state index in [0.717, 1.165) is 26.9 Å². The third kappa shape index (κ3) is 3.47. The number of hydroxylamine groups is 1. The molecule has 3 N–H and O–H groups in total. The van der Waals surface area contributed by atoms with Crippen molar-refractivity contribution in [3.8, 4) is 10.4 Å². The molecule has 1 unspecified atom stereocenters. The molecular formula is C26H20N4O2S. The van der Waals surface area contributed by atoms with Crippen molar-refractivity contribution in [2.45, 2.75) is 13.0 Å². The Morgan fingerprint density at radius 3 is 2.70 bits per heavy atom. The van der Waals surface area contributed by atoms with Crippen molar-refractivity contribution in [3.05, 3.63) is 95.9 Å². The minimum atomic E-state index is -0.328. The molecule has 3 aromatic carbocycles. The monoisotopic (exact) mass is 452 g/mol. The number of hydrogen-bond acceptors (Lipinski definition) is 5. The number of H-pyrrole nitrogens is 1. The zero-order valence-electron chi connectivity index (χ0n) is 17.8. The van der Waals surface area contributed by atoms with Crippen LogP contribution >= 0.6 is 11.3 Å². The van der Waals surface area contributed by atoms with Crippen LogP contribution in [-0.2, 0) is 9.63 Å². The molecule has 0 bridgehead atoms. The molecule has 7 heteroatoms. The van der Waals surface area contributed by atoms with Gasteiger partial charge in [0.2, 0.25) is 0 Å². The van der Waals surface area contributed by atoms with Crippen molar-refractivity contribution in [1.82, 2.24) is 15.7 Å². The fourth-order valence-electron chi connectivity index (χ4n) is 4.27. The molecule has 6 rings (SSSR count). The van der Waals surface area contributed by atoms with E-state index in [0.29, 0.717) is 17.0 Å². The van der Waals surface area contributed by atoms with Crippen LogP contribution in [0.15, 0.2) is 90.3 Å². The summed E-state index contributed by atoms with van der Waals surface area (Å²) in [7, 11) is 0. The number of nitrogens with zero attached hydrogens (tertiary/aromatic N) is 1. The van der Waals surface area contributed by atoms with Crippen LogP contribution in [-0.4, -0.2) is 16.1 Å². The Morgan fingerprint density at radius 2 is 1.85 bits per heavy atom. The molecule has 1 amide bonds. The Balaban J connectivity index is 1.38. The second-order valence-electron chi connectivity index (χ2n) is 7.99. The third-order valence-corrected chi connectivity index (χ3v) is 7.02. The summed E-state index contributed by atoms with van der Waals surface area (Å²) in [6.07, 6.45) is 1.78. The Labute approximate surface area is 193 Å². The standard InChI is InChI=1S/C26H20N4O2S/c1-15-23(25(30-32-15)16-7-3-2-4-8-16)26(31)28-19-11-18-14-27-29-24(18)20(13-19)22-12-17-9-5-6-10-21(17)33-22/h2-14,25,30H,1H3,(H,27,29)(H,28,31). The average Bonchev–Trinajstić information content (AvgIpc) is 3.56. The SMILES string of the molecule is CC1=C(C(=O)Nc2cc(-c3cc4ccccc4s3)c3[nH]ncc3c2)C(c2ccccc2)NO1. The van der Waals surface area contributed by atoms with E-state index in [2.05, 4.69) is 39.2 Å². The molecule has 6 nitrogen and oxygen atoms in total. The van der Waals surface area contributed by atoms with Gasteiger partial charge in [-0.15, -0.1) is 16.8 Å². The van der Waals surface area contributed by atoms with E-state index in [1.165, 1.54) is 10.1 Å². The molecule has 3 heterocycles. The number of carbonyl (C=O) groups is 1. The zero-order chi connectivity index (χ0) is 22.4. The minimum absolute atomic E-state index is 0.198. The molecule has 5 aromatic rings. The Kier molecular flexibility index (Phi) is 4.71. The molecular weight excluding hydrogens is 432 g/mol. The van der Waals surface area contributed by atoms with Crippen LogP contribution < -0.4 is 10.8 Å². The smallest absolute Gasteiger partial charge is 0.257 e. The quantitative estimate of drug-likeness (QED) is 0.316. The van der Waals surface area contributed by atoms with E-state index in [4.69, 9.17) is 4.84 Å². The van der Waals surface area contributed by atoms with Gasteiger partial charge in [0.1, 0.15) is 11.8 Å². The van der Waals surface area contributed by atoms with Gasteiger partial charge in [-0.25, -0.2) is 0 Å². The van der Waals surface area contributed by atoms with Crippen LogP contribution in [0.2, 0.25) is 0 Å². The van der Waals surface area contributed by atoms with Gasteiger partial charge >= 0.3 is 0 Å². The van der Waals surface area contributed by atoms with Crippen LogP contribution in [0.25, 0.3) is 31.4 Å². The lowest BCUT2D eigenvalue weighted by Crippen LogP contribution is -2.23. The van der Waals surface area contributed by atoms with Crippen LogP contribution in [0.4, 0.5) is 5.69 Å². The Morgan fingerprint density at radius 1 is 1.03 bits per heavy atom. The molecule has 0 fully saturated rings. The van der Waals surface area contributed by atoms with Crippen molar-refractivity contribution in [2.75, 3.05) is 5.32 Å². The number of rotatable bonds is 4. The van der Waals surface area contributed by atoms with Gasteiger partial charge < -0.3 is 10.2 Å². The Bertz CT molecular complexity index is 1500. The highest BCUT2D eigenvalue weighted by molar-refractivity contribution is 7.22. The molecule has 0 radical (unpaired) electrons. The predicted molar refractivity (Wildman–Crippen MR) is 132 cm³/mol. The van der Waals surface area contributed by atoms with Gasteiger partial charge in [-0.3, -0.25) is 9.89 Å². The lowest BCUT2D eigenvalue weighted by molar-refractivity contribution is -0.113. The van der Waals surface area contributed by atoms with E-state index in [9.17, 15) is 4.79 Å². The highest BCUT2D eigenvalue weighted by Crippen LogP contribution is 2.38. The summed E-state index contributed by atoms with van der Waals surface area (Å²) in [6, 6.07) is 23.9. The summed E-state index contributed by atoms with van der Waals surface area (Å²) in [5.74, 6) is 0.368. The molecule has 0 aliphatic carbocycles. The van der Waals surface area contributed by atoms with Crippen molar-refractivity contribution in [3.63, 3.8) is 0 Å². The number of benzene rings is 3. The van der Waals surface area contributed by atoms with Crippen molar-refractivity contribution in [2.24, 2.45) is 0 Å². The summed E-state index contributed by atoms with van der Waals surface area (Å²) < 4.78 is 1.22. The molecule has 0 saturated carbocycles. The summed E-state index contributed by atoms with van der Waals surface area (Å²) in [5, 5.41) is 12.6. The lowest BCUT2D eigenvalue weighted by atomic mass is 9.98. The lowest BCUT2D eigenvalue weighted by Gasteiger charge is -2.14. The first-order valence-electron chi connectivity index (χ1n) is 10.6. The van der Waals surface area contributed by atoms with Crippen molar-refractivity contribution in [1.29, 1.82) is 0 Å². The van der Waals surface area contributed by atoms with Crippen LogP contribution in [0.3, 0.4) is 0 Å². The molecule has 2 aromatic heterocycles. The maximum absolute atomic E-state index is 13.4. The highest BCUT2D eigenvalue weighted by atomic mass is 32.1. The largest absolute Gasteiger partial charge is 0.412 e. The maximum atomic E-state index is 13.4. The molecule has 162 valence electrons. The zero-order valence-corrected chi connectivity index (χ0v) is 18.6. The average molecular weight is 453 g/mol. The topological polar surface area (TPSA) is 79.0 Å². The minimum Gasteiger partial charge on any atom is -0.412 e. The number of allylic oxidation sites excluding steroid dienone is 1. The van der Waals surface area contributed by atoms with E-state index in [-0.39, 0.29) is 11.9 Å². The van der Waals surface area contributed by atoms with Crippen molar-refractivity contribution >= 4 is 43.9 Å². The number of amides is 1. The third-order valence-electron chi connectivity index (χ3n) is 5.87. The van der Waals surface area contributed by atoms with Gasteiger partial charge in [0, 0.05) is 26.2 Å². The normalized spacial score (nSPS) is 15.8.